The summed E-state index contributed by atoms with van der Waals surface area (Å²) in [6.07, 6.45) is 3.52. The predicted molar refractivity (Wildman–Crippen MR) is 76.2 cm³/mol. The number of amides is 1. The summed E-state index contributed by atoms with van der Waals surface area (Å²) in [6.45, 7) is 2.69. The lowest BCUT2D eigenvalue weighted by Crippen LogP contribution is -2.49. The first kappa shape index (κ1) is 12.9. The molecule has 1 aliphatic rings. The van der Waals surface area contributed by atoms with Crippen LogP contribution in [0.25, 0.3) is 0 Å². The predicted octanol–water partition coefficient (Wildman–Crippen LogP) is 0.808. The van der Waals surface area contributed by atoms with Crippen LogP contribution in [0.3, 0.4) is 0 Å². The molecule has 0 spiro atoms. The Labute approximate surface area is 118 Å². The second-order valence-corrected chi connectivity index (χ2v) is 5.07. The maximum absolute atomic E-state index is 12.5. The molecule has 2 N–H and O–H groups in total. The van der Waals surface area contributed by atoms with Crippen LogP contribution in [0, 0.1) is 5.92 Å². The van der Waals surface area contributed by atoms with Crippen molar-refractivity contribution < 1.29 is 4.79 Å². The fourth-order valence-electron chi connectivity index (χ4n) is 2.33. The minimum absolute atomic E-state index is 0.00759. The molecule has 1 aromatic heterocycles. The monoisotopic (exact) mass is 270 g/mol. The molecule has 1 fully saturated rings. The molecular weight excluding hydrogens is 252 g/mol. The van der Waals surface area contributed by atoms with Crippen LogP contribution in [0.1, 0.15) is 11.6 Å². The van der Waals surface area contributed by atoms with Gasteiger partial charge in [-0.1, -0.05) is 30.3 Å². The Hall–Kier alpha value is -2.14. The Bertz CT molecular complexity index is 549. The van der Waals surface area contributed by atoms with Gasteiger partial charge < -0.3 is 10.6 Å². The van der Waals surface area contributed by atoms with E-state index in [1.807, 2.05) is 42.6 Å². The maximum Gasteiger partial charge on any atom is 0.249 e. The Kier molecular flexibility index (Phi) is 3.78. The Morgan fingerprint density at radius 2 is 2.15 bits per heavy atom. The van der Waals surface area contributed by atoms with Crippen LogP contribution in [0.15, 0.2) is 48.8 Å². The van der Waals surface area contributed by atoms with E-state index in [0.29, 0.717) is 5.92 Å². The number of aromatic nitrogens is 2. The van der Waals surface area contributed by atoms with E-state index < -0.39 is 6.04 Å². The van der Waals surface area contributed by atoms with Gasteiger partial charge in [0.05, 0.1) is 0 Å². The normalized spacial score (nSPS) is 16.4. The molecule has 0 saturated carbocycles. The first-order chi connectivity index (χ1) is 9.84. The summed E-state index contributed by atoms with van der Waals surface area (Å²) < 4.78 is 1.70. The maximum atomic E-state index is 12.5. The third kappa shape index (κ3) is 2.72. The van der Waals surface area contributed by atoms with E-state index in [2.05, 4.69) is 15.7 Å². The van der Waals surface area contributed by atoms with E-state index in [1.54, 1.807) is 10.9 Å². The number of nitrogens with zero attached hydrogens (tertiary/aromatic N) is 2. The van der Waals surface area contributed by atoms with E-state index in [4.69, 9.17) is 0 Å². The average molecular weight is 270 g/mol. The minimum Gasteiger partial charge on any atom is -0.354 e. The minimum atomic E-state index is -0.403. The molecule has 1 saturated heterocycles. The highest BCUT2D eigenvalue weighted by Crippen LogP contribution is 2.17. The van der Waals surface area contributed by atoms with Gasteiger partial charge in [0.2, 0.25) is 5.91 Å². The summed E-state index contributed by atoms with van der Waals surface area (Å²) in [5.74, 6) is 0.541. The fourth-order valence-corrected chi connectivity index (χ4v) is 2.33. The van der Waals surface area contributed by atoms with Gasteiger partial charge >= 0.3 is 0 Å². The van der Waals surface area contributed by atoms with Crippen LogP contribution in [0.5, 0.6) is 0 Å². The molecule has 1 aromatic carbocycles. The van der Waals surface area contributed by atoms with Gasteiger partial charge in [0.1, 0.15) is 0 Å². The summed E-state index contributed by atoms with van der Waals surface area (Å²) in [5, 5.41) is 10.5. The number of benzene rings is 1. The second kappa shape index (κ2) is 5.88. The van der Waals surface area contributed by atoms with Crippen LogP contribution in [0.4, 0.5) is 0 Å². The number of rotatable bonds is 5. The second-order valence-electron chi connectivity index (χ2n) is 5.07. The van der Waals surface area contributed by atoms with Crippen molar-refractivity contribution in [2.45, 2.75) is 6.04 Å². The van der Waals surface area contributed by atoms with Crippen molar-refractivity contribution in [3.05, 3.63) is 54.4 Å². The molecule has 2 aromatic rings. The van der Waals surface area contributed by atoms with Gasteiger partial charge in [0.25, 0.3) is 0 Å². The zero-order valence-corrected chi connectivity index (χ0v) is 11.2. The molecule has 2 heterocycles. The largest absolute Gasteiger partial charge is 0.354 e. The van der Waals surface area contributed by atoms with Crippen molar-refractivity contribution in [2.75, 3.05) is 19.6 Å². The molecule has 1 aliphatic heterocycles. The van der Waals surface area contributed by atoms with Gasteiger partial charge in [-0.25, -0.2) is 0 Å². The van der Waals surface area contributed by atoms with E-state index in [9.17, 15) is 4.79 Å². The summed E-state index contributed by atoms with van der Waals surface area (Å²) in [6, 6.07) is 11.2. The van der Waals surface area contributed by atoms with Crippen molar-refractivity contribution in [1.82, 2.24) is 20.4 Å². The van der Waals surface area contributed by atoms with Crippen molar-refractivity contribution in [3.63, 3.8) is 0 Å². The quantitative estimate of drug-likeness (QED) is 0.845. The molecule has 0 aliphatic carbocycles. The molecule has 5 nitrogen and oxygen atoms in total. The first-order valence-electron chi connectivity index (χ1n) is 6.87. The lowest BCUT2D eigenvalue weighted by atomic mass is 10.0. The highest BCUT2D eigenvalue weighted by atomic mass is 16.2. The van der Waals surface area contributed by atoms with Crippen molar-refractivity contribution in [2.24, 2.45) is 5.92 Å². The van der Waals surface area contributed by atoms with Gasteiger partial charge in [0, 0.05) is 37.9 Å². The lowest BCUT2D eigenvalue weighted by molar-refractivity contribution is -0.123. The number of nitrogens with one attached hydrogen (secondary N) is 2. The SMILES string of the molecule is O=C(NCC1CNC1)C(c1ccccc1)n1cccn1. The Balaban J connectivity index is 1.76. The van der Waals surface area contributed by atoms with Gasteiger partial charge in [-0.05, 0) is 11.6 Å². The summed E-state index contributed by atoms with van der Waals surface area (Å²) in [7, 11) is 0. The van der Waals surface area contributed by atoms with Crippen LogP contribution >= 0.6 is 0 Å². The highest BCUT2D eigenvalue weighted by molar-refractivity contribution is 5.83. The van der Waals surface area contributed by atoms with E-state index in [0.717, 1.165) is 25.2 Å². The summed E-state index contributed by atoms with van der Waals surface area (Å²) in [5.41, 5.74) is 0.945. The molecule has 3 rings (SSSR count). The summed E-state index contributed by atoms with van der Waals surface area (Å²) in [4.78, 5) is 12.5. The topological polar surface area (TPSA) is 59.0 Å². The van der Waals surface area contributed by atoms with Gasteiger partial charge in [-0.3, -0.25) is 9.48 Å². The Morgan fingerprint density at radius 1 is 1.35 bits per heavy atom. The van der Waals surface area contributed by atoms with Crippen molar-refractivity contribution >= 4 is 5.91 Å². The van der Waals surface area contributed by atoms with E-state index in [1.165, 1.54) is 0 Å². The number of hydrogen-bond acceptors (Lipinski definition) is 3. The van der Waals surface area contributed by atoms with Crippen LogP contribution in [-0.4, -0.2) is 35.3 Å². The zero-order chi connectivity index (χ0) is 13.8. The Morgan fingerprint density at radius 3 is 2.75 bits per heavy atom. The summed E-state index contributed by atoms with van der Waals surface area (Å²) >= 11 is 0. The van der Waals surface area contributed by atoms with Crippen molar-refractivity contribution in [3.8, 4) is 0 Å². The molecule has 20 heavy (non-hydrogen) atoms. The molecular formula is C15H18N4O. The fraction of sp³-hybridized carbons (Fsp3) is 0.333. The third-order valence-corrected chi connectivity index (χ3v) is 3.58. The smallest absolute Gasteiger partial charge is 0.249 e. The average Bonchev–Trinajstić information content (AvgIpc) is 2.92. The van der Waals surface area contributed by atoms with Crippen molar-refractivity contribution in [1.29, 1.82) is 0 Å². The van der Waals surface area contributed by atoms with Gasteiger partial charge in [0.15, 0.2) is 6.04 Å². The zero-order valence-electron chi connectivity index (χ0n) is 11.2. The lowest BCUT2D eigenvalue weighted by Gasteiger charge is -2.28. The molecule has 1 unspecified atom stereocenters. The molecule has 0 bridgehead atoms. The molecule has 104 valence electrons. The molecule has 5 heteroatoms. The standard InChI is InChI=1S/C15H18N4O/c20-15(17-11-12-9-16-10-12)14(19-8-4-7-18-19)13-5-2-1-3-6-13/h1-8,12,14,16H,9-11H2,(H,17,20). The number of hydrogen-bond donors (Lipinski definition) is 2. The van der Waals surface area contributed by atoms with Crippen LogP contribution in [-0.2, 0) is 4.79 Å². The van der Waals surface area contributed by atoms with Crippen LogP contribution < -0.4 is 10.6 Å². The molecule has 0 radical (unpaired) electrons. The molecule has 1 atom stereocenters. The first-order valence-corrected chi connectivity index (χ1v) is 6.87. The number of carbonyl (C=O) groups excluding carboxylic acids is 1. The van der Waals surface area contributed by atoms with Crippen LogP contribution in [0.2, 0.25) is 0 Å². The number of carbonyl (C=O) groups is 1. The van der Waals surface area contributed by atoms with E-state index in [-0.39, 0.29) is 5.91 Å². The van der Waals surface area contributed by atoms with E-state index >= 15 is 0 Å². The van der Waals surface area contributed by atoms with Gasteiger partial charge in [-0.15, -0.1) is 0 Å². The highest BCUT2D eigenvalue weighted by Gasteiger charge is 2.24. The van der Waals surface area contributed by atoms with Gasteiger partial charge in [-0.2, -0.15) is 5.10 Å². The third-order valence-electron chi connectivity index (χ3n) is 3.58. The molecule has 1 amide bonds.